The van der Waals surface area contributed by atoms with Gasteiger partial charge in [-0.2, -0.15) is 5.10 Å². The molecule has 2 N–H and O–H groups in total. The van der Waals surface area contributed by atoms with E-state index in [2.05, 4.69) is 22.5 Å². The summed E-state index contributed by atoms with van der Waals surface area (Å²) in [5, 5.41) is 19.1. The number of aliphatic hydroxyl groups is 1. The van der Waals surface area contributed by atoms with Crippen molar-refractivity contribution in [1.82, 2.24) is 15.1 Å². The van der Waals surface area contributed by atoms with Crippen molar-refractivity contribution < 1.29 is 9.90 Å². The number of aryl methyl sites for hydroxylation is 1. The Kier molecular flexibility index (Phi) is 5.17. The Morgan fingerprint density at radius 2 is 1.72 bits per heavy atom. The van der Waals surface area contributed by atoms with Crippen LogP contribution in [0, 0.1) is 5.92 Å². The molecule has 2 aromatic carbocycles. The van der Waals surface area contributed by atoms with Crippen molar-refractivity contribution in [2.24, 2.45) is 13.0 Å². The molecular formula is C24H29N3O2. The van der Waals surface area contributed by atoms with Gasteiger partial charge in [0.25, 0.3) is 5.91 Å². The highest BCUT2D eigenvalue weighted by Crippen LogP contribution is 2.32. The molecule has 5 nitrogen and oxygen atoms in total. The van der Waals surface area contributed by atoms with Crippen LogP contribution in [0.2, 0.25) is 0 Å². The van der Waals surface area contributed by atoms with Crippen LogP contribution in [0.15, 0.2) is 48.5 Å². The summed E-state index contributed by atoms with van der Waals surface area (Å²) in [6.45, 7) is 3.76. The molecule has 1 saturated carbocycles. The quantitative estimate of drug-likeness (QED) is 0.697. The summed E-state index contributed by atoms with van der Waals surface area (Å²) in [5.41, 5.74) is 3.05. The second-order valence-electron chi connectivity index (χ2n) is 8.74. The number of fused-ring (bicyclic) bond motifs is 1. The Labute approximate surface area is 171 Å². The van der Waals surface area contributed by atoms with Crippen molar-refractivity contribution >= 4 is 16.8 Å². The van der Waals surface area contributed by atoms with Crippen molar-refractivity contribution in [3.63, 3.8) is 0 Å². The van der Waals surface area contributed by atoms with Gasteiger partial charge in [-0.25, -0.2) is 0 Å². The number of hydrogen-bond donors (Lipinski definition) is 2. The first-order chi connectivity index (χ1) is 13.8. The molecule has 0 unspecified atom stereocenters. The monoisotopic (exact) mass is 391 g/mol. The first-order valence-electron chi connectivity index (χ1n) is 10.4. The fourth-order valence-corrected chi connectivity index (χ4v) is 4.42. The van der Waals surface area contributed by atoms with Gasteiger partial charge in [0.2, 0.25) is 0 Å². The van der Waals surface area contributed by atoms with Gasteiger partial charge < -0.3 is 10.4 Å². The van der Waals surface area contributed by atoms with E-state index in [-0.39, 0.29) is 11.9 Å². The molecule has 0 spiro atoms. The fraction of sp³-hybridized carbons (Fsp3) is 0.417. The molecule has 5 heteroatoms. The number of rotatable bonds is 4. The van der Waals surface area contributed by atoms with Crippen molar-refractivity contribution in [3.05, 3.63) is 54.1 Å². The topological polar surface area (TPSA) is 67.2 Å². The zero-order chi connectivity index (χ0) is 20.6. The summed E-state index contributed by atoms with van der Waals surface area (Å²) in [7, 11) is 1.94. The number of hydrogen-bond acceptors (Lipinski definition) is 3. The molecule has 0 radical (unpaired) electrons. The van der Waals surface area contributed by atoms with Crippen LogP contribution in [0.25, 0.3) is 22.2 Å². The lowest BCUT2D eigenvalue weighted by Crippen LogP contribution is -2.41. The second kappa shape index (κ2) is 7.64. The molecule has 152 valence electrons. The first-order valence-corrected chi connectivity index (χ1v) is 10.4. The van der Waals surface area contributed by atoms with Gasteiger partial charge >= 0.3 is 0 Å². The smallest absolute Gasteiger partial charge is 0.251 e. The normalized spacial score (nSPS) is 20.0. The summed E-state index contributed by atoms with van der Waals surface area (Å²) in [5.74, 6) is 0.275. The highest BCUT2D eigenvalue weighted by molar-refractivity contribution is 5.96. The maximum absolute atomic E-state index is 12.7. The van der Waals surface area contributed by atoms with E-state index in [9.17, 15) is 9.90 Å². The zero-order valence-electron chi connectivity index (χ0n) is 17.4. The summed E-state index contributed by atoms with van der Waals surface area (Å²) >= 11 is 0. The fourth-order valence-electron chi connectivity index (χ4n) is 4.42. The molecule has 1 aromatic heterocycles. The number of para-hydroxylation sites is 1. The van der Waals surface area contributed by atoms with Gasteiger partial charge in [0.1, 0.15) is 5.69 Å². The van der Waals surface area contributed by atoms with E-state index >= 15 is 0 Å². The number of nitrogens with zero attached hydrogens (tertiary/aromatic N) is 2. The number of amides is 1. The van der Waals surface area contributed by atoms with Crippen LogP contribution < -0.4 is 5.32 Å². The highest BCUT2D eigenvalue weighted by Gasteiger charge is 2.31. The molecule has 0 atom stereocenters. The Bertz CT molecular complexity index is 1010. The maximum atomic E-state index is 12.7. The number of carbonyl (C=O) groups excluding carboxylic acids is 1. The van der Waals surface area contributed by atoms with Crippen LogP contribution in [0.5, 0.6) is 0 Å². The molecule has 0 aliphatic heterocycles. The van der Waals surface area contributed by atoms with Crippen LogP contribution in [0.1, 0.15) is 49.9 Å². The molecule has 29 heavy (non-hydrogen) atoms. The molecule has 0 bridgehead atoms. The molecule has 1 aliphatic rings. The van der Waals surface area contributed by atoms with Crippen molar-refractivity contribution in [1.29, 1.82) is 0 Å². The lowest BCUT2D eigenvalue weighted by molar-refractivity contribution is -0.00257. The van der Waals surface area contributed by atoms with E-state index in [0.717, 1.165) is 47.8 Å². The molecule has 3 aromatic rings. The zero-order valence-corrected chi connectivity index (χ0v) is 17.4. The van der Waals surface area contributed by atoms with E-state index in [1.165, 1.54) is 0 Å². The Hall–Kier alpha value is -2.66. The molecular weight excluding hydrogens is 362 g/mol. The van der Waals surface area contributed by atoms with Crippen molar-refractivity contribution in [2.75, 3.05) is 0 Å². The molecule has 1 aliphatic carbocycles. The Morgan fingerprint density at radius 3 is 2.38 bits per heavy atom. The Balaban J connectivity index is 1.44. The van der Waals surface area contributed by atoms with Crippen LogP contribution in [-0.2, 0) is 7.05 Å². The molecule has 4 rings (SSSR count). The lowest BCUT2D eigenvalue weighted by Gasteiger charge is -2.36. The summed E-state index contributed by atoms with van der Waals surface area (Å²) in [6.07, 6.45) is 3.72. The van der Waals surface area contributed by atoms with Crippen molar-refractivity contribution in [2.45, 2.75) is 51.2 Å². The van der Waals surface area contributed by atoms with Gasteiger partial charge in [0.05, 0.1) is 11.1 Å². The molecule has 1 fully saturated rings. The SMILES string of the molecule is Cn1nc(-c2ccc(C(=O)NC3CCC(C(C)(C)O)CC3)cc2)c2ccccc21. The Morgan fingerprint density at radius 1 is 1.07 bits per heavy atom. The number of benzene rings is 2. The number of carbonyl (C=O) groups is 1. The van der Waals surface area contributed by atoms with Crippen LogP contribution in [-0.4, -0.2) is 32.4 Å². The highest BCUT2D eigenvalue weighted by atomic mass is 16.3. The van der Waals surface area contributed by atoms with Gasteiger partial charge in [-0.1, -0.05) is 30.3 Å². The van der Waals surface area contributed by atoms with E-state index in [1.807, 2.05) is 62.0 Å². The predicted octanol–water partition coefficient (Wildman–Crippen LogP) is 4.30. The molecule has 1 heterocycles. The minimum atomic E-state index is -0.638. The van der Waals surface area contributed by atoms with E-state index in [1.54, 1.807) is 0 Å². The minimum Gasteiger partial charge on any atom is -0.390 e. The van der Waals surface area contributed by atoms with Crippen LogP contribution in [0.4, 0.5) is 0 Å². The third kappa shape index (κ3) is 4.06. The van der Waals surface area contributed by atoms with Crippen molar-refractivity contribution in [3.8, 4) is 11.3 Å². The molecule has 0 saturated heterocycles. The lowest BCUT2D eigenvalue weighted by atomic mass is 9.77. The summed E-state index contributed by atoms with van der Waals surface area (Å²) in [6, 6.07) is 16.0. The maximum Gasteiger partial charge on any atom is 0.251 e. The average Bonchev–Trinajstić information content (AvgIpc) is 3.05. The molecule has 1 amide bonds. The minimum absolute atomic E-state index is 0.0332. The summed E-state index contributed by atoms with van der Waals surface area (Å²) < 4.78 is 1.88. The van der Waals surface area contributed by atoms with Gasteiger partial charge in [-0.3, -0.25) is 9.48 Å². The number of aromatic nitrogens is 2. The van der Waals surface area contributed by atoms with Gasteiger partial charge in [-0.05, 0) is 63.6 Å². The average molecular weight is 392 g/mol. The standard InChI is InChI=1S/C24H29N3O2/c1-24(2,29)18-12-14-19(15-13-18)25-23(28)17-10-8-16(9-11-17)22-20-6-4-5-7-21(20)27(3)26-22/h4-11,18-19,29H,12-15H2,1-3H3,(H,25,28). The number of nitrogens with one attached hydrogen (secondary N) is 1. The van der Waals surface area contributed by atoms with E-state index < -0.39 is 5.60 Å². The van der Waals surface area contributed by atoms with Crippen LogP contribution >= 0.6 is 0 Å². The third-order valence-corrected chi connectivity index (χ3v) is 6.24. The van der Waals surface area contributed by atoms with Gasteiger partial charge in [0.15, 0.2) is 0 Å². The summed E-state index contributed by atoms with van der Waals surface area (Å²) in [4.78, 5) is 12.7. The largest absolute Gasteiger partial charge is 0.390 e. The van der Waals surface area contributed by atoms with Gasteiger partial charge in [-0.15, -0.1) is 0 Å². The predicted molar refractivity (Wildman–Crippen MR) is 116 cm³/mol. The van der Waals surface area contributed by atoms with E-state index in [4.69, 9.17) is 0 Å². The van der Waals surface area contributed by atoms with E-state index in [0.29, 0.717) is 11.5 Å². The first kappa shape index (κ1) is 19.6. The second-order valence-corrected chi connectivity index (χ2v) is 8.74. The third-order valence-electron chi connectivity index (χ3n) is 6.24. The van der Waals surface area contributed by atoms with Gasteiger partial charge in [0, 0.05) is 29.6 Å². The van der Waals surface area contributed by atoms with Crippen LogP contribution in [0.3, 0.4) is 0 Å².